The van der Waals surface area contributed by atoms with Gasteiger partial charge >= 0.3 is 12.7 Å². The summed E-state index contributed by atoms with van der Waals surface area (Å²) < 4.78 is 13.9. The molecule has 8 heteroatoms. The van der Waals surface area contributed by atoms with Crippen LogP contribution in [0.1, 0.15) is 18.1 Å². The van der Waals surface area contributed by atoms with E-state index in [1.165, 1.54) is 0 Å². The molecule has 2 aliphatic heterocycles. The fraction of sp³-hybridized carbons (Fsp3) is 0.0833. The highest BCUT2D eigenvalue weighted by Gasteiger charge is 2.61. The smallest absolute Gasteiger partial charge is 0.599 e. The topological polar surface area (TPSA) is 75.3 Å². The van der Waals surface area contributed by atoms with E-state index >= 15 is 0 Å². The summed E-state index contributed by atoms with van der Waals surface area (Å²) in [5.41, 5.74) is 6.98. The number of hydrogen-bond donors (Lipinski definition) is 1. The largest absolute Gasteiger partial charge is 0.712 e. The molecule has 0 saturated heterocycles. The molecule has 2 aliphatic rings. The van der Waals surface area contributed by atoms with E-state index in [2.05, 4.69) is 10.5 Å². The minimum absolute atomic E-state index is 0.139. The molecule has 0 bridgehead atoms. The first-order valence-electron chi connectivity index (χ1n) is 10.4. The van der Waals surface area contributed by atoms with Crippen molar-refractivity contribution in [3.63, 3.8) is 0 Å². The number of nitrogens with one attached hydrogen (secondary N) is 1. The number of aryl methyl sites for hydroxylation is 1. The highest BCUT2D eigenvalue weighted by atomic mass is 16.7. The SMILES string of the molecule is CC1=[N+]2N=C(c3ccc(C)cc3)O[B-]2(c2ccccc2)OC(=O)/C1=N\Nc1ccccc1. The number of carbonyl (C=O) groups is 1. The summed E-state index contributed by atoms with van der Waals surface area (Å²) in [5, 5.41) is 9.02. The van der Waals surface area contributed by atoms with Gasteiger partial charge in [0, 0.05) is 12.5 Å². The van der Waals surface area contributed by atoms with Crippen LogP contribution in [0.4, 0.5) is 5.69 Å². The fourth-order valence-corrected chi connectivity index (χ4v) is 3.81. The molecule has 3 aromatic rings. The monoisotopic (exact) mass is 424 g/mol. The molecule has 158 valence electrons. The van der Waals surface area contributed by atoms with Crippen LogP contribution < -0.4 is 10.9 Å². The van der Waals surface area contributed by atoms with Crippen molar-refractivity contribution in [3.8, 4) is 0 Å². The Morgan fingerprint density at radius 3 is 2.22 bits per heavy atom. The third-order valence-electron chi connectivity index (χ3n) is 5.53. The van der Waals surface area contributed by atoms with Crippen molar-refractivity contribution in [1.29, 1.82) is 0 Å². The quantitative estimate of drug-likeness (QED) is 0.516. The van der Waals surface area contributed by atoms with Gasteiger partial charge in [-0.2, -0.15) is 5.10 Å². The molecular formula is C24H21BN4O3. The predicted octanol–water partition coefficient (Wildman–Crippen LogP) is 3.03. The van der Waals surface area contributed by atoms with Gasteiger partial charge in [0.05, 0.1) is 5.69 Å². The van der Waals surface area contributed by atoms with E-state index in [0.717, 1.165) is 16.8 Å². The van der Waals surface area contributed by atoms with Gasteiger partial charge in [0.25, 0.3) is 0 Å². The Hall–Kier alpha value is -4.20. The third kappa shape index (κ3) is 3.35. The lowest BCUT2D eigenvalue weighted by Crippen LogP contribution is -2.66. The van der Waals surface area contributed by atoms with Crippen LogP contribution in [0.25, 0.3) is 0 Å². The van der Waals surface area contributed by atoms with Gasteiger partial charge in [0.1, 0.15) is 0 Å². The maximum absolute atomic E-state index is 13.1. The molecule has 2 heterocycles. The van der Waals surface area contributed by atoms with Crippen molar-refractivity contribution in [2.45, 2.75) is 13.8 Å². The second-order valence-corrected chi connectivity index (χ2v) is 7.75. The van der Waals surface area contributed by atoms with Crippen LogP contribution in [0.3, 0.4) is 0 Å². The highest BCUT2D eigenvalue weighted by Crippen LogP contribution is 2.25. The average molecular weight is 424 g/mol. The summed E-state index contributed by atoms with van der Waals surface area (Å²) in [6.45, 7) is 1.42. The number of fused-ring (bicyclic) bond motifs is 1. The summed E-state index contributed by atoms with van der Waals surface area (Å²) in [6.07, 6.45) is 0. The van der Waals surface area contributed by atoms with Crippen LogP contribution >= 0.6 is 0 Å². The Morgan fingerprint density at radius 1 is 0.875 bits per heavy atom. The zero-order valence-electron chi connectivity index (χ0n) is 17.7. The van der Waals surface area contributed by atoms with Crippen LogP contribution in [0.15, 0.2) is 95.1 Å². The van der Waals surface area contributed by atoms with Gasteiger partial charge < -0.3 is 9.31 Å². The molecule has 0 saturated carbocycles. The van der Waals surface area contributed by atoms with Crippen LogP contribution in [0.2, 0.25) is 0 Å². The molecule has 5 rings (SSSR count). The zero-order valence-corrected chi connectivity index (χ0v) is 17.7. The first kappa shape index (κ1) is 19.7. The summed E-state index contributed by atoms with van der Waals surface area (Å²) >= 11 is 0. The lowest BCUT2D eigenvalue weighted by molar-refractivity contribution is -0.421. The third-order valence-corrected chi connectivity index (χ3v) is 5.53. The van der Waals surface area contributed by atoms with E-state index in [1.54, 1.807) is 11.5 Å². The lowest BCUT2D eigenvalue weighted by atomic mass is 9.62. The summed E-state index contributed by atoms with van der Waals surface area (Å²) in [7, 11) is 0. The van der Waals surface area contributed by atoms with Crippen molar-refractivity contribution >= 4 is 41.1 Å². The molecule has 0 radical (unpaired) electrons. The van der Waals surface area contributed by atoms with Gasteiger partial charge in [-0.1, -0.05) is 66.2 Å². The number of para-hydroxylation sites is 1. The molecule has 1 atom stereocenters. The summed E-state index contributed by atoms with van der Waals surface area (Å²) in [6, 6.07) is 26.6. The normalized spacial score (nSPS) is 21.0. The Bertz CT molecular complexity index is 1270. The zero-order chi connectivity index (χ0) is 22.1. The molecule has 0 spiro atoms. The molecular weight excluding hydrogens is 403 g/mol. The van der Waals surface area contributed by atoms with Gasteiger partial charge in [0.2, 0.25) is 11.6 Å². The Balaban J connectivity index is 1.62. The van der Waals surface area contributed by atoms with Crippen molar-refractivity contribution in [2.24, 2.45) is 10.2 Å². The van der Waals surface area contributed by atoms with E-state index in [-0.39, 0.29) is 5.71 Å². The second-order valence-electron chi connectivity index (χ2n) is 7.75. The van der Waals surface area contributed by atoms with Gasteiger partial charge in [-0.25, -0.2) is 9.39 Å². The molecule has 0 aliphatic carbocycles. The van der Waals surface area contributed by atoms with E-state index in [0.29, 0.717) is 17.1 Å². The number of carbonyl (C=O) groups excluding carboxylic acids is 1. The van der Waals surface area contributed by atoms with Crippen LogP contribution in [-0.4, -0.2) is 34.6 Å². The van der Waals surface area contributed by atoms with Gasteiger partial charge in [-0.15, -0.1) is 0 Å². The minimum Gasteiger partial charge on any atom is -0.599 e. The molecule has 32 heavy (non-hydrogen) atoms. The van der Waals surface area contributed by atoms with E-state index < -0.39 is 12.7 Å². The maximum atomic E-state index is 13.1. The Morgan fingerprint density at radius 2 is 1.53 bits per heavy atom. The lowest BCUT2D eigenvalue weighted by Gasteiger charge is -2.32. The number of rotatable bonds is 4. The highest BCUT2D eigenvalue weighted by molar-refractivity contribution is 6.83. The number of hydrogen-bond acceptors (Lipinski definition) is 6. The first-order valence-corrected chi connectivity index (χ1v) is 10.4. The molecule has 1 unspecified atom stereocenters. The molecule has 1 N–H and O–H groups in total. The van der Waals surface area contributed by atoms with Gasteiger partial charge in [-0.3, -0.25) is 5.43 Å². The number of nitrogens with zero attached hydrogens (tertiary/aromatic N) is 3. The van der Waals surface area contributed by atoms with Crippen molar-refractivity contribution < 1.29 is 18.7 Å². The van der Waals surface area contributed by atoms with Crippen LogP contribution in [-0.2, 0) is 14.1 Å². The molecule has 7 nitrogen and oxygen atoms in total. The van der Waals surface area contributed by atoms with E-state index in [9.17, 15) is 4.79 Å². The van der Waals surface area contributed by atoms with Crippen molar-refractivity contribution in [1.82, 2.24) is 0 Å². The molecule has 0 fully saturated rings. The van der Waals surface area contributed by atoms with Crippen molar-refractivity contribution in [2.75, 3.05) is 5.43 Å². The van der Waals surface area contributed by atoms with E-state index in [4.69, 9.17) is 14.4 Å². The molecule has 0 amide bonds. The van der Waals surface area contributed by atoms with Crippen LogP contribution in [0.5, 0.6) is 0 Å². The summed E-state index contributed by atoms with van der Waals surface area (Å²) in [5.74, 6) is -0.190. The average Bonchev–Trinajstić information content (AvgIpc) is 3.21. The Kier molecular flexibility index (Phi) is 4.82. The standard InChI is InChI=1S/C24H21BN4O3/c1-17-13-15-19(16-14-17)23-28-29-18(2)22(27-26-21-11-7-4-8-12-21)24(30)32-25(29,31-23)20-9-5-3-6-10-20/h3-16,26H,1-2H3/b27-22-. The fourth-order valence-electron chi connectivity index (χ4n) is 3.81. The van der Waals surface area contributed by atoms with Gasteiger partial charge in [0.15, 0.2) is 5.71 Å². The summed E-state index contributed by atoms with van der Waals surface area (Å²) in [4.78, 5) is 13.1. The second kappa shape index (κ2) is 7.81. The van der Waals surface area contributed by atoms with Crippen LogP contribution in [0, 0.1) is 6.92 Å². The van der Waals surface area contributed by atoms with E-state index in [1.807, 2.05) is 91.9 Å². The van der Waals surface area contributed by atoms with Crippen molar-refractivity contribution in [3.05, 3.63) is 96.1 Å². The van der Waals surface area contributed by atoms with Gasteiger partial charge in [-0.05, 0) is 41.8 Å². The number of benzene rings is 3. The molecule has 3 aromatic carbocycles. The molecule has 0 aromatic heterocycles. The Labute approximate surface area is 185 Å². The number of anilines is 1. The maximum Gasteiger partial charge on any atom is 0.712 e. The number of hydrazone groups is 2. The predicted molar refractivity (Wildman–Crippen MR) is 125 cm³/mol. The minimum atomic E-state index is -2.39. The first-order chi connectivity index (χ1) is 15.6.